The minimum absolute atomic E-state index is 0.102. The molecule has 31 heavy (non-hydrogen) atoms. The Morgan fingerprint density at radius 3 is 2.19 bits per heavy atom. The van der Waals surface area contributed by atoms with Crippen molar-refractivity contribution in [3.8, 4) is 0 Å². The fourth-order valence-electron chi connectivity index (χ4n) is 3.10. The van der Waals surface area contributed by atoms with E-state index in [2.05, 4.69) is 20.6 Å². The van der Waals surface area contributed by atoms with Gasteiger partial charge in [-0.25, -0.2) is 9.78 Å². The number of carbonyl (C=O) groups excluding carboxylic acids is 4. The molecule has 0 fully saturated rings. The van der Waals surface area contributed by atoms with Crippen LogP contribution in [0.15, 0.2) is 48.5 Å². The third-order valence-corrected chi connectivity index (χ3v) is 4.77. The van der Waals surface area contributed by atoms with Gasteiger partial charge in [0.05, 0.1) is 17.7 Å². The van der Waals surface area contributed by atoms with Crippen LogP contribution in [-0.2, 0) is 6.54 Å². The number of anilines is 2. The van der Waals surface area contributed by atoms with Crippen LogP contribution < -0.4 is 16.4 Å². The van der Waals surface area contributed by atoms with Gasteiger partial charge in [-0.1, -0.05) is 23.7 Å². The molecule has 11 heteroatoms. The molecule has 0 radical (unpaired) electrons. The van der Waals surface area contributed by atoms with Gasteiger partial charge in [-0.05, 0) is 36.4 Å². The highest BCUT2D eigenvalue weighted by Crippen LogP contribution is 2.24. The SMILES string of the molecule is NC(=O)c1[nH]c(CN2C(=O)c3ccccc3C2=O)nc1NC(=O)Nc1ccc(Cl)cc1. The highest BCUT2D eigenvalue weighted by atomic mass is 35.5. The summed E-state index contributed by atoms with van der Waals surface area (Å²) in [6, 6.07) is 12.1. The first-order valence-corrected chi connectivity index (χ1v) is 9.39. The first-order chi connectivity index (χ1) is 14.8. The zero-order valence-electron chi connectivity index (χ0n) is 15.8. The third-order valence-electron chi connectivity index (χ3n) is 4.52. The minimum Gasteiger partial charge on any atom is -0.364 e. The summed E-state index contributed by atoms with van der Waals surface area (Å²) in [6.07, 6.45) is 0. The molecule has 0 aliphatic carbocycles. The zero-order chi connectivity index (χ0) is 22.1. The molecule has 1 aromatic heterocycles. The van der Waals surface area contributed by atoms with Gasteiger partial charge in [-0.2, -0.15) is 0 Å². The first-order valence-electron chi connectivity index (χ1n) is 9.01. The number of aromatic nitrogens is 2. The predicted octanol–water partition coefficient (Wildman–Crippen LogP) is 2.60. The number of primary amides is 1. The van der Waals surface area contributed by atoms with Gasteiger partial charge in [0.2, 0.25) is 0 Å². The van der Waals surface area contributed by atoms with Gasteiger partial charge < -0.3 is 16.0 Å². The van der Waals surface area contributed by atoms with E-state index in [1.165, 1.54) is 0 Å². The standard InChI is InChI=1S/C20H15ClN6O4/c21-10-5-7-11(8-6-10)23-20(31)26-17-15(16(22)28)24-14(25-17)9-27-18(29)12-3-1-2-4-13(12)19(27)30/h1-8H,9H2,(H2,22,28)(H,24,25)(H2,23,26,31). The lowest BCUT2D eigenvalue weighted by atomic mass is 10.1. The fraction of sp³-hybridized carbons (Fsp3) is 0.0500. The van der Waals surface area contributed by atoms with Crippen molar-refractivity contribution in [3.63, 3.8) is 0 Å². The van der Waals surface area contributed by atoms with Gasteiger partial charge in [-0.15, -0.1) is 0 Å². The maximum Gasteiger partial charge on any atom is 0.324 e. The molecule has 0 saturated heterocycles. The number of aromatic amines is 1. The number of nitrogens with one attached hydrogen (secondary N) is 3. The van der Waals surface area contributed by atoms with Crippen molar-refractivity contribution < 1.29 is 19.2 Å². The van der Waals surface area contributed by atoms with E-state index in [0.29, 0.717) is 10.7 Å². The van der Waals surface area contributed by atoms with E-state index in [0.717, 1.165) is 4.90 Å². The normalized spacial score (nSPS) is 12.6. The van der Waals surface area contributed by atoms with Gasteiger partial charge >= 0.3 is 6.03 Å². The number of imidazole rings is 1. The van der Waals surface area contributed by atoms with E-state index < -0.39 is 23.8 Å². The van der Waals surface area contributed by atoms with Crippen LogP contribution in [0, 0.1) is 0 Å². The molecule has 0 unspecified atom stereocenters. The van der Waals surface area contributed by atoms with Gasteiger partial charge in [0.25, 0.3) is 17.7 Å². The van der Waals surface area contributed by atoms with E-state index in [4.69, 9.17) is 17.3 Å². The van der Waals surface area contributed by atoms with Crippen molar-refractivity contribution in [1.29, 1.82) is 0 Å². The molecule has 3 aromatic rings. The van der Waals surface area contributed by atoms with Gasteiger partial charge in [0, 0.05) is 10.7 Å². The van der Waals surface area contributed by atoms with Crippen molar-refractivity contribution in [3.05, 3.63) is 76.2 Å². The van der Waals surface area contributed by atoms with Crippen molar-refractivity contribution >= 4 is 46.9 Å². The summed E-state index contributed by atoms with van der Waals surface area (Å²) in [7, 11) is 0. The lowest BCUT2D eigenvalue weighted by Gasteiger charge is -2.11. The van der Waals surface area contributed by atoms with Crippen LogP contribution in [0.5, 0.6) is 0 Å². The molecule has 10 nitrogen and oxygen atoms in total. The summed E-state index contributed by atoms with van der Waals surface area (Å²) in [6.45, 7) is -0.229. The second kappa shape index (κ2) is 7.92. The molecule has 2 heterocycles. The summed E-state index contributed by atoms with van der Waals surface area (Å²) in [4.78, 5) is 56.9. The minimum atomic E-state index is -0.872. The van der Waals surface area contributed by atoms with E-state index in [9.17, 15) is 19.2 Å². The number of hydrogen-bond donors (Lipinski definition) is 4. The Morgan fingerprint density at radius 1 is 1.00 bits per heavy atom. The largest absolute Gasteiger partial charge is 0.364 e. The molecule has 0 spiro atoms. The Kier molecular flexibility index (Phi) is 5.14. The number of H-pyrrole nitrogens is 1. The van der Waals surface area contributed by atoms with E-state index in [1.54, 1.807) is 48.5 Å². The average Bonchev–Trinajstić information content (AvgIpc) is 3.24. The van der Waals surface area contributed by atoms with Crippen LogP contribution in [0.1, 0.15) is 37.0 Å². The quantitative estimate of drug-likeness (QED) is 0.451. The molecule has 1 aliphatic rings. The molecule has 5 N–H and O–H groups in total. The molecule has 4 rings (SSSR count). The summed E-state index contributed by atoms with van der Waals surface area (Å²) >= 11 is 5.81. The van der Waals surface area contributed by atoms with Crippen LogP contribution >= 0.6 is 11.6 Å². The van der Waals surface area contributed by atoms with Crippen molar-refractivity contribution in [2.24, 2.45) is 5.73 Å². The predicted molar refractivity (Wildman–Crippen MR) is 112 cm³/mol. The van der Waals surface area contributed by atoms with Crippen molar-refractivity contribution in [2.75, 3.05) is 10.6 Å². The topological polar surface area (TPSA) is 150 Å². The van der Waals surface area contributed by atoms with E-state index in [-0.39, 0.29) is 35.0 Å². The highest BCUT2D eigenvalue weighted by molar-refractivity contribution is 6.30. The number of nitrogens with zero attached hydrogens (tertiary/aromatic N) is 2. The zero-order valence-corrected chi connectivity index (χ0v) is 16.6. The van der Waals surface area contributed by atoms with Crippen molar-refractivity contribution in [1.82, 2.24) is 14.9 Å². The van der Waals surface area contributed by atoms with Gasteiger partial charge in [0.15, 0.2) is 5.82 Å². The van der Waals surface area contributed by atoms with Crippen LogP contribution in [-0.4, -0.2) is 38.6 Å². The summed E-state index contributed by atoms with van der Waals surface area (Å²) in [5.41, 5.74) is 6.23. The van der Waals surface area contributed by atoms with Crippen molar-refractivity contribution in [2.45, 2.75) is 6.54 Å². The number of imide groups is 1. The number of urea groups is 1. The molecule has 0 bridgehead atoms. The maximum absolute atomic E-state index is 12.5. The number of fused-ring (bicyclic) bond motifs is 1. The lowest BCUT2D eigenvalue weighted by molar-refractivity contribution is 0.0638. The second-order valence-corrected chi connectivity index (χ2v) is 7.04. The number of amides is 5. The summed E-state index contributed by atoms with van der Waals surface area (Å²) in [5, 5.41) is 5.49. The Balaban J connectivity index is 1.52. The molecule has 156 valence electrons. The Bertz CT molecular complexity index is 1190. The highest BCUT2D eigenvalue weighted by Gasteiger charge is 2.36. The van der Waals surface area contributed by atoms with E-state index >= 15 is 0 Å². The lowest BCUT2D eigenvalue weighted by Crippen LogP contribution is -2.29. The van der Waals surface area contributed by atoms with E-state index in [1.807, 2.05) is 0 Å². The average molecular weight is 439 g/mol. The number of carbonyl (C=O) groups is 4. The Labute approximate surface area is 180 Å². The smallest absolute Gasteiger partial charge is 0.324 e. The van der Waals surface area contributed by atoms with Crippen LogP contribution in [0.3, 0.4) is 0 Å². The molecule has 5 amide bonds. The molecule has 0 saturated carbocycles. The molecule has 1 aliphatic heterocycles. The number of rotatable bonds is 5. The number of nitrogens with two attached hydrogens (primary N) is 1. The number of hydrogen-bond acceptors (Lipinski definition) is 5. The monoisotopic (exact) mass is 438 g/mol. The molecule has 2 aromatic carbocycles. The fourth-order valence-corrected chi connectivity index (χ4v) is 3.23. The number of halogens is 1. The van der Waals surface area contributed by atoms with Gasteiger partial charge in [0.1, 0.15) is 11.5 Å². The van der Waals surface area contributed by atoms with Crippen LogP contribution in [0.25, 0.3) is 0 Å². The van der Waals surface area contributed by atoms with Crippen LogP contribution in [0.2, 0.25) is 5.02 Å². The third kappa shape index (κ3) is 3.96. The number of benzene rings is 2. The summed E-state index contributed by atoms with van der Waals surface area (Å²) < 4.78 is 0. The second-order valence-electron chi connectivity index (χ2n) is 6.60. The Morgan fingerprint density at radius 2 is 1.61 bits per heavy atom. The molecule has 0 atom stereocenters. The maximum atomic E-state index is 12.5. The van der Waals surface area contributed by atoms with Crippen LogP contribution in [0.4, 0.5) is 16.3 Å². The molecular weight excluding hydrogens is 424 g/mol. The Hall–Kier alpha value is -4.18. The van der Waals surface area contributed by atoms with Gasteiger partial charge in [-0.3, -0.25) is 24.6 Å². The first kappa shape index (κ1) is 20.1. The molecular formula is C20H15ClN6O4. The summed E-state index contributed by atoms with van der Waals surface area (Å²) in [5.74, 6) is -1.86.